The molecule has 2 N–H and O–H groups in total. The highest BCUT2D eigenvalue weighted by atomic mass is 19.2. The van der Waals surface area contributed by atoms with Gasteiger partial charge in [-0.25, -0.2) is 8.78 Å². The lowest BCUT2D eigenvalue weighted by atomic mass is 9.88. The fourth-order valence-electron chi connectivity index (χ4n) is 1.81. The Morgan fingerprint density at radius 3 is 2.85 bits per heavy atom. The Morgan fingerprint density at radius 2 is 2.08 bits per heavy atom. The third-order valence-corrected chi connectivity index (χ3v) is 2.54. The zero-order valence-corrected chi connectivity index (χ0v) is 7.19. The molecule has 3 heteroatoms. The summed E-state index contributed by atoms with van der Waals surface area (Å²) in [4.78, 5) is 0. The molecule has 1 nitrogen and oxygen atoms in total. The zero-order chi connectivity index (χ0) is 9.42. The topological polar surface area (TPSA) is 26.0 Å². The average molecular weight is 183 g/mol. The second kappa shape index (κ2) is 3.07. The van der Waals surface area contributed by atoms with Crippen LogP contribution in [0.5, 0.6) is 0 Å². The van der Waals surface area contributed by atoms with Crippen molar-refractivity contribution < 1.29 is 8.78 Å². The molecule has 1 aliphatic rings. The number of benzene rings is 1. The first-order valence-electron chi connectivity index (χ1n) is 4.40. The quantitative estimate of drug-likeness (QED) is 0.652. The Morgan fingerprint density at radius 1 is 1.31 bits per heavy atom. The van der Waals surface area contributed by atoms with Crippen LogP contribution in [0, 0.1) is 11.6 Å². The van der Waals surface area contributed by atoms with Crippen LogP contribution in [0.1, 0.15) is 17.5 Å². The molecule has 0 bridgehead atoms. The summed E-state index contributed by atoms with van der Waals surface area (Å²) >= 11 is 0. The Bertz CT molecular complexity index is 336. The van der Waals surface area contributed by atoms with Crippen molar-refractivity contribution in [2.45, 2.75) is 25.3 Å². The number of hydrogen-bond donors (Lipinski definition) is 1. The number of fused-ring (bicyclic) bond motifs is 1. The molecule has 0 unspecified atom stereocenters. The van der Waals surface area contributed by atoms with Crippen LogP contribution < -0.4 is 5.73 Å². The molecule has 0 amide bonds. The lowest BCUT2D eigenvalue weighted by molar-refractivity contribution is 0.477. The van der Waals surface area contributed by atoms with Crippen molar-refractivity contribution >= 4 is 0 Å². The van der Waals surface area contributed by atoms with Gasteiger partial charge >= 0.3 is 0 Å². The number of nitrogens with two attached hydrogens (primary N) is 1. The van der Waals surface area contributed by atoms with Gasteiger partial charge in [-0.15, -0.1) is 0 Å². The summed E-state index contributed by atoms with van der Waals surface area (Å²) in [5, 5.41) is 0. The van der Waals surface area contributed by atoms with E-state index in [1.54, 1.807) is 6.07 Å². The fourth-order valence-corrected chi connectivity index (χ4v) is 1.81. The van der Waals surface area contributed by atoms with Crippen LogP contribution in [-0.4, -0.2) is 6.04 Å². The minimum atomic E-state index is -0.755. The van der Waals surface area contributed by atoms with E-state index in [-0.39, 0.29) is 6.04 Å². The lowest BCUT2D eigenvalue weighted by Crippen LogP contribution is -2.28. The molecule has 0 saturated heterocycles. The van der Waals surface area contributed by atoms with Gasteiger partial charge in [0.2, 0.25) is 0 Å². The summed E-state index contributed by atoms with van der Waals surface area (Å²) in [5.74, 6) is -1.45. The van der Waals surface area contributed by atoms with Crippen LogP contribution in [0.4, 0.5) is 8.78 Å². The third kappa shape index (κ3) is 1.44. The molecule has 1 aromatic carbocycles. The van der Waals surface area contributed by atoms with E-state index in [0.717, 1.165) is 12.0 Å². The Labute approximate surface area is 75.6 Å². The molecule has 0 aromatic heterocycles. The van der Waals surface area contributed by atoms with E-state index in [0.29, 0.717) is 18.4 Å². The second-order valence-electron chi connectivity index (χ2n) is 3.50. The van der Waals surface area contributed by atoms with E-state index < -0.39 is 11.6 Å². The van der Waals surface area contributed by atoms with E-state index in [9.17, 15) is 8.78 Å². The summed E-state index contributed by atoms with van der Waals surface area (Å²) < 4.78 is 26.0. The molecule has 1 aliphatic carbocycles. The normalized spacial score (nSPS) is 21.3. The van der Waals surface area contributed by atoms with E-state index in [2.05, 4.69) is 0 Å². The summed E-state index contributed by atoms with van der Waals surface area (Å²) in [6.07, 6.45) is 1.96. The second-order valence-corrected chi connectivity index (χ2v) is 3.50. The van der Waals surface area contributed by atoms with E-state index in [4.69, 9.17) is 5.73 Å². The zero-order valence-electron chi connectivity index (χ0n) is 7.19. The largest absolute Gasteiger partial charge is 0.327 e. The molecule has 0 spiro atoms. The predicted octanol–water partition coefficient (Wildman–Crippen LogP) is 1.78. The maximum atomic E-state index is 13.2. The Hall–Kier alpha value is -0.960. The van der Waals surface area contributed by atoms with Gasteiger partial charge in [0.25, 0.3) is 0 Å². The first-order valence-corrected chi connectivity index (χ1v) is 4.40. The van der Waals surface area contributed by atoms with E-state index in [1.165, 1.54) is 6.07 Å². The van der Waals surface area contributed by atoms with Crippen LogP contribution in [0.25, 0.3) is 0 Å². The van der Waals surface area contributed by atoms with Gasteiger partial charge in [0.05, 0.1) is 0 Å². The fraction of sp³-hybridized carbons (Fsp3) is 0.400. The molecule has 13 heavy (non-hydrogen) atoms. The van der Waals surface area contributed by atoms with Gasteiger partial charge in [0.15, 0.2) is 11.6 Å². The number of halogens is 2. The maximum Gasteiger partial charge on any atom is 0.162 e. The van der Waals surface area contributed by atoms with Crippen molar-refractivity contribution in [2.24, 2.45) is 5.73 Å². The first kappa shape index (κ1) is 8.63. The predicted molar refractivity (Wildman–Crippen MR) is 46.4 cm³/mol. The van der Waals surface area contributed by atoms with Crippen molar-refractivity contribution in [3.05, 3.63) is 34.9 Å². The number of rotatable bonds is 0. The van der Waals surface area contributed by atoms with Crippen LogP contribution in [0.3, 0.4) is 0 Å². The van der Waals surface area contributed by atoms with Gasteiger partial charge in [-0.05, 0) is 36.5 Å². The summed E-state index contributed by atoms with van der Waals surface area (Å²) in [5.41, 5.74) is 7.10. The maximum absolute atomic E-state index is 13.2. The summed E-state index contributed by atoms with van der Waals surface area (Å²) in [6, 6.07) is 2.90. The van der Waals surface area contributed by atoms with Gasteiger partial charge in [-0.2, -0.15) is 0 Å². The highest BCUT2D eigenvalue weighted by Crippen LogP contribution is 2.24. The molecule has 0 heterocycles. The average Bonchev–Trinajstić information content (AvgIpc) is 2.12. The minimum absolute atomic E-state index is 0.0948. The summed E-state index contributed by atoms with van der Waals surface area (Å²) in [6.45, 7) is 0. The van der Waals surface area contributed by atoms with Crippen LogP contribution in [0.15, 0.2) is 12.1 Å². The Balaban J connectivity index is 2.47. The van der Waals surface area contributed by atoms with Crippen molar-refractivity contribution in [3.8, 4) is 0 Å². The molecule has 0 fully saturated rings. The minimum Gasteiger partial charge on any atom is -0.327 e. The van der Waals surface area contributed by atoms with Gasteiger partial charge < -0.3 is 5.73 Å². The molecule has 0 saturated carbocycles. The molecule has 0 aliphatic heterocycles. The number of hydrogen-bond acceptors (Lipinski definition) is 1. The van der Waals surface area contributed by atoms with Gasteiger partial charge in [-0.3, -0.25) is 0 Å². The first-order chi connectivity index (χ1) is 6.18. The smallest absolute Gasteiger partial charge is 0.162 e. The highest BCUT2D eigenvalue weighted by Gasteiger charge is 2.20. The van der Waals surface area contributed by atoms with Gasteiger partial charge in [-0.1, -0.05) is 6.07 Å². The van der Waals surface area contributed by atoms with Crippen LogP contribution in [-0.2, 0) is 12.8 Å². The van der Waals surface area contributed by atoms with Crippen molar-refractivity contribution in [2.75, 3.05) is 0 Å². The third-order valence-electron chi connectivity index (χ3n) is 2.54. The highest BCUT2D eigenvalue weighted by molar-refractivity contribution is 5.32. The van der Waals surface area contributed by atoms with Crippen molar-refractivity contribution in [1.82, 2.24) is 0 Å². The molecule has 1 aromatic rings. The molecular formula is C10H11F2N. The molecule has 2 rings (SSSR count). The standard InChI is InChI=1S/C10H11F2N/c11-9-4-1-6-5-7(13)2-3-8(6)10(9)12/h1,4,7H,2-3,5,13H2/t7-/m0/s1. The molecule has 1 atom stereocenters. The SMILES string of the molecule is N[C@H]1CCc2c(ccc(F)c2F)C1. The monoisotopic (exact) mass is 183 g/mol. The molecule has 70 valence electrons. The summed E-state index contributed by atoms with van der Waals surface area (Å²) in [7, 11) is 0. The van der Waals surface area contributed by atoms with Gasteiger partial charge in [0, 0.05) is 6.04 Å². The molecule has 0 radical (unpaired) electrons. The molecular weight excluding hydrogens is 172 g/mol. The van der Waals surface area contributed by atoms with Gasteiger partial charge in [0.1, 0.15) is 0 Å². The van der Waals surface area contributed by atoms with Crippen LogP contribution >= 0.6 is 0 Å². The van der Waals surface area contributed by atoms with E-state index >= 15 is 0 Å². The van der Waals surface area contributed by atoms with Crippen molar-refractivity contribution in [3.63, 3.8) is 0 Å². The lowest BCUT2D eigenvalue weighted by Gasteiger charge is -2.21. The van der Waals surface area contributed by atoms with Crippen LogP contribution in [0.2, 0.25) is 0 Å². The Kier molecular flexibility index (Phi) is 2.04. The van der Waals surface area contributed by atoms with Crippen molar-refractivity contribution in [1.29, 1.82) is 0 Å². The van der Waals surface area contributed by atoms with E-state index in [1.807, 2.05) is 0 Å².